The van der Waals surface area contributed by atoms with E-state index in [-0.39, 0.29) is 18.4 Å². The van der Waals surface area contributed by atoms with Crippen molar-refractivity contribution in [3.63, 3.8) is 0 Å². The molecule has 0 heterocycles. The third-order valence-corrected chi connectivity index (χ3v) is 3.51. The number of benzene rings is 2. The van der Waals surface area contributed by atoms with Crippen molar-refractivity contribution in [2.45, 2.75) is 12.8 Å². The lowest BCUT2D eigenvalue weighted by Crippen LogP contribution is -2.21. The van der Waals surface area contributed by atoms with Crippen LogP contribution in [-0.4, -0.2) is 18.4 Å². The highest BCUT2D eigenvalue weighted by molar-refractivity contribution is 6.34. The van der Waals surface area contributed by atoms with Crippen LogP contribution in [0, 0.1) is 0 Å². The number of nitrogens with one attached hydrogen (secondary N) is 2. The highest BCUT2D eigenvalue weighted by Gasteiger charge is 2.08. The Bertz CT molecular complexity index is 689. The number of carbonyl (C=O) groups is 2. The van der Waals surface area contributed by atoms with Gasteiger partial charge < -0.3 is 16.4 Å². The smallest absolute Gasteiger partial charge is 0.238 e. The van der Waals surface area contributed by atoms with Crippen LogP contribution in [0.15, 0.2) is 48.5 Å². The molecule has 0 unspecified atom stereocenters. The molecule has 0 aliphatic heterocycles. The molecule has 0 fully saturated rings. The first-order valence-corrected chi connectivity index (χ1v) is 7.59. The summed E-state index contributed by atoms with van der Waals surface area (Å²) in [6.07, 6.45) is 1.03. The number of rotatable bonds is 6. The fraction of sp³-hybridized carbons (Fsp3) is 0.176. The van der Waals surface area contributed by atoms with E-state index in [0.29, 0.717) is 29.2 Å². The van der Waals surface area contributed by atoms with E-state index >= 15 is 0 Å². The number of hydrogen-bond donors (Lipinski definition) is 3. The second kappa shape index (κ2) is 8.31. The first kappa shape index (κ1) is 17.0. The average molecular weight is 332 g/mol. The topological polar surface area (TPSA) is 84.2 Å². The van der Waals surface area contributed by atoms with Crippen molar-refractivity contribution < 1.29 is 9.59 Å². The zero-order chi connectivity index (χ0) is 16.7. The quantitative estimate of drug-likeness (QED) is 0.761. The van der Waals surface area contributed by atoms with Crippen LogP contribution in [0.2, 0.25) is 5.02 Å². The minimum Gasteiger partial charge on any atom is -0.325 e. The van der Waals surface area contributed by atoms with Gasteiger partial charge in [-0.25, -0.2) is 0 Å². The number of carbonyl (C=O) groups excluding carboxylic acids is 2. The van der Waals surface area contributed by atoms with Crippen molar-refractivity contribution >= 4 is 34.8 Å². The molecule has 2 rings (SSSR count). The number of nitrogens with two attached hydrogens (primary N) is 1. The van der Waals surface area contributed by atoms with Crippen molar-refractivity contribution in [1.82, 2.24) is 0 Å². The number of hydrogen-bond acceptors (Lipinski definition) is 3. The first-order valence-electron chi connectivity index (χ1n) is 7.21. The molecule has 0 atom stereocenters. The molecule has 2 amide bonds. The minimum absolute atomic E-state index is 0.102. The van der Waals surface area contributed by atoms with Gasteiger partial charge in [0.15, 0.2) is 0 Å². The molecule has 6 heteroatoms. The van der Waals surface area contributed by atoms with Crippen molar-refractivity contribution in [2.75, 3.05) is 17.2 Å². The maximum atomic E-state index is 12.0. The highest BCUT2D eigenvalue weighted by Crippen LogP contribution is 2.25. The predicted molar refractivity (Wildman–Crippen MR) is 92.5 cm³/mol. The van der Waals surface area contributed by atoms with Crippen molar-refractivity contribution in [3.05, 3.63) is 59.1 Å². The molecule has 0 aromatic heterocycles. The Morgan fingerprint density at radius 3 is 2.39 bits per heavy atom. The molecule has 2 aromatic rings. The summed E-state index contributed by atoms with van der Waals surface area (Å²) in [5.41, 5.74) is 7.38. The second-order valence-corrected chi connectivity index (χ2v) is 5.39. The normalized spacial score (nSPS) is 10.2. The van der Waals surface area contributed by atoms with Gasteiger partial charge in [0.1, 0.15) is 0 Å². The van der Waals surface area contributed by atoms with Gasteiger partial charge in [0, 0.05) is 12.1 Å². The lowest BCUT2D eigenvalue weighted by Gasteiger charge is -2.10. The molecular formula is C17H18ClN3O2. The molecule has 0 saturated carbocycles. The average Bonchev–Trinajstić information content (AvgIpc) is 2.56. The summed E-state index contributed by atoms with van der Waals surface area (Å²) in [6.45, 7) is -0.102. The monoisotopic (exact) mass is 331 g/mol. The van der Waals surface area contributed by atoms with Crippen LogP contribution in [-0.2, 0) is 16.0 Å². The molecule has 0 aliphatic carbocycles. The van der Waals surface area contributed by atoms with E-state index in [1.54, 1.807) is 18.2 Å². The third-order valence-electron chi connectivity index (χ3n) is 3.20. The minimum atomic E-state index is -0.305. The lowest BCUT2D eigenvalue weighted by atomic mass is 10.1. The van der Waals surface area contributed by atoms with Gasteiger partial charge in [-0.1, -0.05) is 41.9 Å². The summed E-state index contributed by atoms with van der Waals surface area (Å²) < 4.78 is 0. The fourth-order valence-electron chi connectivity index (χ4n) is 2.02. The van der Waals surface area contributed by atoms with Gasteiger partial charge in [-0.15, -0.1) is 0 Å². The van der Waals surface area contributed by atoms with Gasteiger partial charge in [0.2, 0.25) is 11.8 Å². The number of anilines is 2. The van der Waals surface area contributed by atoms with E-state index in [9.17, 15) is 9.59 Å². The maximum Gasteiger partial charge on any atom is 0.238 e. The van der Waals surface area contributed by atoms with E-state index in [4.69, 9.17) is 17.3 Å². The summed E-state index contributed by atoms with van der Waals surface area (Å²) in [7, 11) is 0. The Kier molecular flexibility index (Phi) is 6.14. The van der Waals surface area contributed by atoms with E-state index in [1.807, 2.05) is 30.3 Å². The van der Waals surface area contributed by atoms with E-state index in [2.05, 4.69) is 10.6 Å². The lowest BCUT2D eigenvalue weighted by molar-refractivity contribution is -0.116. The van der Waals surface area contributed by atoms with Crippen LogP contribution in [0.3, 0.4) is 0 Å². The SMILES string of the molecule is NCC(=O)Nc1ccc(NC(=O)CCc2ccccc2)c(Cl)c1. The van der Waals surface area contributed by atoms with Gasteiger partial charge in [0.05, 0.1) is 17.3 Å². The Hall–Kier alpha value is -2.37. The summed E-state index contributed by atoms with van der Waals surface area (Å²) in [5.74, 6) is -0.421. The van der Waals surface area contributed by atoms with Crippen LogP contribution < -0.4 is 16.4 Å². The van der Waals surface area contributed by atoms with Gasteiger partial charge in [0.25, 0.3) is 0 Å². The van der Waals surface area contributed by atoms with Crippen molar-refractivity contribution in [1.29, 1.82) is 0 Å². The van der Waals surface area contributed by atoms with Gasteiger partial charge >= 0.3 is 0 Å². The molecule has 0 saturated heterocycles. The Morgan fingerprint density at radius 2 is 1.74 bits per heavy atom. The van der Waals surface area contributed by atoms with Gasteiger partial charge in [-0.2, -0.15) is 0 Å². The summed E-state index contributed by atoms with van der Waals surface area (Å²) >= 11 is 6.12. The van der Waals surface area contributed by atoms with Crippen molar-refractivity contribution in [2.24, 2.45) is 5.73 Å². The highest BCUT2D eigenvalue weighted by atomic mass is 35.5. The number of amides is 2. The summed E-state index contributed by atoms with van der Waals surface area (Å²) in [5, 5.41) is 5.72. The van der Waals surface area contributed by atoms with Crippen LogP contribution in [0.25, 0.3) is 0 Å². The van der Waals surface area contributed by atoms with Gasteiger partial charge in [-0.3, -0.25) is 9.59 Å². The van der Waals surface area contributed by atoms with Crippen molar-refractivity contribution in [3.8, 4) is 0 Å². The van der Waals surface area contributed by atoms with E-state index in [0.717, 1.165) is 5.56 Å². The molecule has 4 N–H and O–H groups in total. The van der Waals surface area contributed by atoms with Crippen LogP contribution >= 0.6 is 11.6 Å². The first-order chi connectivity index (χ1) is 11.1. The zero-order valence-electron chi connectivity index (χ0n) is 12.5. The standard InChI is InChI=1S/C17H18ClN3O2/c18-14-10-13(20-17(23)11-19)7-8-15(14)21-16(22)9-6-12-4-2-1-3-5-12/h1-5,7-8,10H,6,9,11,19H2,(H,20,23)(H,21,22). The van der Waals surface area contributed by atoms with Gasteiger partial charge in [-0.05, 0) is 30.2 Å². The molecule has 23 heavy (non-hydrogen) atoms. The molecule has 5 nitrogen and oxygen atoms in total. The molecule has 0 radical (unpaired) electrons. The second-order valence-electron chi connectivity index (χ2n) is 4.98. The molecule has 0 bridgehead atoms. The molecule has 0 spiro atoms. The van der Waals surface area contributed by atoms with E-state index in [1.165, 1.54) is 0 Å². The fourth-order valence-corrected chi connectivity index (χ4v) is 2.25. The number of halogens is 1. The Morgan fingerprint density at radius 1 is 1.00 bits per heavy atom. The van der Waals surface area contributed by atoms with E-state index < -0.39 is 0 Å². The Labute approximate surface area is 139 Å². The summed E-state index contributed by atoms with van der Waals surface area (Å²) in [4.78, 5) is 23.2. The molecule has 2 aromatic carbocycles. The Balaban J connectivity index is 1.91. The van der Waals surface area contributed by atoms with Crippen LogP contribution in [0.4, 0.5) is 11.4 Å². The summed E-state index contributed by atoms with van der Waals surface area (Å²) in [6, 6.07) is 14.7. The molecule has 120 valence electrons. The molecular weight excluding hydrogens is 314 g/mol. The third kappa shape index (κ3) is 5.39. The molecule has 0 aliphatic rings. The largest absolute Gasteiger partial charge is 0.325 e. The van der Waals surface area contributed by atoms with Crippen LogP contribution in [0.5, 0.6) is 0 Å². The maximum absolute atomic E-state index is 12.0. The van der Waals surface area contributed by atoms with Crippen LogP contribution in [0.1, 0.15) is 12.0 Å². The number of aryl methyl sites for hydroxylation is 1. The zero-order valence-corrected chi connectivity index (χ0v) is 13.3. The predicted octanol–water partition coefficient (Wildman–Crippen LogP) is 2.81.